The smallest absolute Gasteiger partial charge is 0.337 e. The maximum Gasteiger partial charge on any atom is 0.337 e. The van der Waals surface area contributed by atoms with Crippen molar-refractivity contribution in [3.05, 3.63) is 29.6 Å². The van der Waals surface area contributed by atoms with E-state index in [1.54, 1.807) is 0 Å². The second kappa shape index (κ2) is 7.95. The molecule has 8 heteroatoms. The molecule has 2 N–H and O–H groups in total. The average Bonchev–Trinajstić information content (AvgIpc) is 2.46. The lowest BCUT2D eigenvalue weighted by Crippen LogP contribution is -2.39. The molecule has 1 rings (SSSR count). The molecule has 8 nitrogen and oxygen atoms in total. The van der Waals surface area contributed by atoms with Gasteiger partial charge in [-0.1, -0.05) is 0 Å². The van der Waals surface area contributed by atoms with Crippen molar-refractivity contribution in [3.63, 3.8) is 0 Å². The van der Waals surface area contributed by atoms with Gasteiger partial charge in [0.25, 0.3) is 5.91 Å². The van der Waals surface area contributed by atoms with Gasteiger partial charge in [0, 0.05) is 26.9 Å². The minimum absolute atomic E-state index is 0.00786. The van der Waals surface area contributed by atoms with Crippen molar-refractivity contribution in [1.82, 2.24) is 15.2 Å². The molecule has 0 aliphatic carbocycles. The molecule has 0 atom stereocenters. The number of carboxylic acid groups (broad SMARTS) is 1. The zero-order valence-corrected chi connectivity index (χ0v) is 11.8. The van der Waals surface area contributed by atoms with E-state index in [1.165, 1.54) is 31.2 Å². The molecule has 0 saturated heterocycles. The molecule has 2 amide bonds. The number of hydrogen-bond acceptors (Lipinski definition) is 5. The van der Waals surface area contributed by atoms with Crippen molar-refractivity contribution in [2.24, 2.45) is 0 Å². The van der Waals surface area contributed by atoms with Gasteiger partial charge in [0.15, 0.2) is 0 Å². The van der Waals surface area contributed by atoms with Gasteiger partial charge in [-0.3, -0.25) is 14.6 Å². The van der Waals surface area contributed by atoms with E-state index in [0.717, 1.165) is 6.20 Å². The van der Waals surface area contributed by atoms with E-state index in [0.29, 0.717) is 13.2 Å². The highest BCUT2D eigenvalue weighted by Gasteiger charge is 2.16. The van der Waals surface area contributed by atoms with Crippen LogP contribution in [0.5, 0.6) is 0 Å². The number of nitrogens with zero attached hydrogens (tertiary/aromatic N) is 2. The first kappa shape index (κ1) is 16.6. The molecule has 0 unspecified atom stereocenters. The summed E-state index contributed by atoms with van der Waals surface area (Å²) in [4.78, 5) is 39.2. The summed E-state index contributed by atoms with van der Waals surface area (Å²) in [5.41, 5.74) is 0.0682. The highest BCUT2D eigenvalue weighted by molar-refractivity contribution is 5.95. The van der Waals surface area contributed by atoms with Crippen LogP contribution in [0.15, 0.2) is 18.3 Å². The molecule has 0 spiro atoms. The summed E-state index contributed by atoms with van der Waals surface area (Å²) in [6.07, 6.45) is 1.10. The number of ether oxygens (including phenoxy) is 1. The van der Waals surface area contributed by atoms with Crippen molar-refractivity contribution in [2.75, 3.05) is 33.9 Å². The normalized spacial score (nSPS) is 10.0. The van der Waals surface area contributed by atoms with E-state index in [9.17, 15) is 14.4 Å². The molecule has 1 heterocycles. The number of pyridine rings is 1. The van der Waals surface area contributed by atoms with Crippen LogP contribution < -0.4 is 5.32 Å². The summed E-state index contributed by atoms with van der Waals surface area (Å²) < 4.78 is 4.79. The van der Waals surface area contributed by atoms with Crippen LogP contribution in [-0.4, -0.2) is 66.6 Å². The molecule has 0 aliphatic rings. The summed E-state index contributed by atoms with van der Waals surface area (Å²) in [6.45, 7) is 0.634. The number of rotatable bonds is 7. The lowest BCUT2D eigenvalue weighted by atomic mass is 10.2. The number of aromatic nitrogens is 1. The summed E-state index contributed by atoms with van der Waals surface area (Å²) in [5.74, 6) is -1.90. The Kier molecular flexibility index (Phi) is 6.28. The molecule has 0 aromatic carbocycles. The topological polar surface area (TPSA) is 109 Å². The third kappa shape index (κ3) is 5.19. The Bertz CT molecular complexity index is 515. The Labute approximate surface area is 121 Å². The van der Waals surface area contributed by atoms with Crippen LogP contribution >= 0.6 is 0 Å². The first-order valence-electron chi connectivity index (χ1n) is 6.16. The van der Waals surface area contributed by atoms with Crippen LogP contribution in [0.4, 0.5) is 0 Å². The largest absolute Gasteiger partial charge is 0.478 e. The number of nitrogens with one attached hydrogen (secondary N) is 1. The summed E-state index contributed by atoms with van der Waals surface area (Å²) in [7, 11) is 2.99. The van der Waals surface area contributed by atoms with Gasteiger partial charge in [0.1, 0.15) is 5.69 Å². The van der Waals surface area contributed by atoms with E-state index in [1.807, 2.05) is 0 Å². The summed E-state index contributed by atoms with van der Waals surface area (Å²) in [5, 5.41) is 11.3. The van der Waals surface area contributed by atoms with E-state index in [4.69, 9.17) is 9.84 Å². The van der Waals surface area contributed by atoms with Gasteiger partial charge in [-0.05, 0) is 12.1 Å². The van der Waals surface area contributed by atoms with Crippen LogP contribution in [-0.2, 0) is 9.53 Å². The number of carbonyl (C=O) groups excluding carboxylic acids is 2. The fourth-order valence-corrected chi connectivity index (χ4v) is 1.48. The van der Waals surface area contributed by atoms with Gasteiger partial charge in [-0.25, -0.2) is 4.79 Å². The Balaban J connectivity index is 2.57. The van der Waals surface area contributed by atoms with Gasteiger partial charge in [-0.15, -0.1) is 0 Å². The zero-order chi connectivity index (χ0) is 15.8. The molecular formula is C13H17N3O5. The van der Waals surface area contributed by atoms with Crippen molar-refractivity contribution in [2.45, 2.75) is 0 Å². The maximum absolute atomic E-state index is 12.0. The molecule has 0 fully saturated rings. The fraction of sp³-hybridized carbons (Fsp3) is 0.385. The molecule has 1 aromatic rings. The summed E-state index contributed by atoms with van der Waals surface area (Å²) in [6, 6.07) is 2.60. The van der Waals surface area contributed by atoms with Crippen LogP contribution in [0, 0.1) is 0 Å². The Morgan fingerprint density at radius 1 is 1.38 bits per heavy atom. The van der Waals surface area contributed by atoms with Gasteiger partial charge >= 0.3 is 5.97 Å². The average molecular weight is 295 g/mol. The predicted octanol–water partition coefficient (Wildman–Crippen LogP) is -0.386. The first-order chi connectivity index (χ1) is 9.95. The van der Waals surface area contributed by atoms with Crippen molar-refractivity contribution in [3.8, 4) is 0 Å². The van der Waals surface area contributed by atoms with Gasteiger partial charge in [-0.2, -0.15) is 0 Å². The molecule has 0 radical (unpaired) electrons. The van der Waals surface area contributed by atoms with E-state index in [-0.39, 0.29) is 23.7 Å². The summed E-state index contributed by atoms with van der Waals surface area (Å²) >= 11 is 0. The van der Waals surface area contributed by atoms with Crippen LogP contribution in [0.1, 0.15) is 20.8 Å². The molecule has 114 valence electrons. The molecule has 21 heavy (non-hydrogen) atoms. The fourth-order valence-electron chi connectivity index (χ4n) is 1.48. The van der Waals surface area contributed by atoms with Gasteiger partial charge in [0.2, 0.25) is 5.91 Å². The SMILES string of the molecule is COCCNC(=O)CN(C)C(=O)c1ccc(C(=O)O)cn1. The van der Waals surface area contributed by atoms with E-state index >= 15 is 0 Å². The second-order valence-corrected chi connectivity index (χ2v) is 4.24. The van der Waals surface area contributed by atoms with E-state index < -0.39 is 11.9 Å². The molecular weight excluding hydrogens is 278 g/mol. The molecule has 0 bridgehead atoms. The van der Waals surface area contributed by atoms with Gasteiger partial charge in [0.05, 0.1) is 18.7 Å². The number of carboxylic acids is 1. The number of carbonyl (C=O) groups is 3. The number of amides is 2. The van der Waals surface area contributed by atoms with Crippen LogP contribution in [0.3, 0.4) is 0 Å². The van der Waals surface area contributed by atoms with Gasteiger partial charge < -0.3 is 20.1 Å². The van der Waals surface area contributed by atoms with Crippen LogP contribution in [0.2, 0.25) is 0 Å². The lowest BCUT2D eigenvalue weighted by Gasteiger charge is -2.16. The van der Waals surface area contributed by atoms with Crippen LogP contribution in [0.25, 0.3) is 0 Å². The zero-order valence-electron chi connectivity index (χ0n) is 11.8. The number of likely N-dealkylation sites (N-methyl/N-ethyl adjacent to an activating group) is 1. The van der Waals surface area contributed by atoms with E-state index in [2.05, 4.69) is 10.3 Å². The number of methoxy groups -OCH3 is 1. The molecule has 0 aliphatic heterocycles. The van der Waals surface area contributed by atoms with Crippen molar-refractivity contribution < 1.29 is 24.2 Å². The maximum atomic E-state index is 12.0. The minimum atomic E-state index is -1.12. The predicted molar refractivity (Wildman–Crippen MR) is 73.0 cm³/mol. The Morgan fingerprint density at radius 2 is 2.10 bits per heavy atom. The molecule has 0 saturated carbocycles. The third-order valence-corrected chi connectivity index (χ3v) is 2.59. The standard InChI is InChI=1S/C13H17N3O5/c1-16(8-11(17)14-5-6-21-2)12(18)10-4-3-9(7-15-10)13(19)20/h3-4,7H,5-6,8H2,1-2H3,(H,14,17)(H,19,20). The van der Waals surface area contributed by atoms with Crippen molar-refractivity contribution in [1.29, 1.82) is 0 Å². The highest BCUT2D eigenvalue weighted by Crippen LogP contribution is 2.03. The Morgan fingerprint density at radius 3 is 2.62 bits per heavy atom. The number of aromatic carboxylic acids is 1. The third-order valence-electron chi connectivity index (χ3n) is 2.59. The first-order valence-corrected chi connectivity index (χ1v) is 6.16. The van der Waals surface area contributed by atoms with Crippen molar-refractivity contribution >= 4 is 17.8 Å². The quantitative estimate of drug-likeness (QED) is 0.663. The monoisotopic (exact) mass is 295 g/mol. The highest BCUT2D eigenvalue weighted by atomic mass is 16.5. The second-order valence-electron chi connectivity index (χ2n) is 4.24. The Hall–Kier alpha value is -2.48. The molecule has 1 aromatic heterocycles. The minimum Gasteiger partial charge on any atom is -0.478 e. The number of hydrogen-bond donors (Lipinski definition) is 2. The lowest BCUT2D eigenvalue weighted by molar-refractivity contribution is -0.121.